The molecule has 0 fully saturated rings. The predicted octanol–water partition coefficient (Wildman–Crippen LogP) is 6.46. The zero-order valence-corrected chi connectivity index (χ0v) is 29.6. The average molecular weight is 700 g/mol. The molecule has 0 aliphatic rings. The summed E-state index contributed by atoms with van der Waals surface area (Å²) in [4.78, 5) is 78.8. The second-order valence-corrected chi connectivity index (χ2v) is 12.2. The highest BCUT2D eigenvalue weighted by atomic mass is 16.5. The Kier molecular flexibility index (Phi) is 15.2. The molecule has 270 valence electrons. The molecule has 0 bridgehead atoms. The topological polar surface area (TPSA) is 178 Å². The summed E-state index contributed by atoms with van der Waals surface area (Å²) in [6.07, 6.45) is 2.97. The van der Waals surface area contributed by atoms with Crippen LogP contribution in [0, 0.1) is 11.8 Å². The summed E-state index contributed by atoms with van der Waals surface area (Å²) >= 11 is 0. The first-order valence-electron chi connectivity index (χ1n) is 16.7. The number of anilines is 2. The van der Waals surface area contributed by atoms with Gasteiger partial charge in [0.15, 0.2) is 11.5 Å². The minimum Gasteiger partial charge on any atom is -0.481 e. The van der Waals surface area contributed by atoms with Gasteiger partial charge in [-0.05, 0) is 91.6 Å². The number of hydrogen-bond donors (Lipinski definition) is 3. The van der Waals surface area contributed by atoms with E-state index in [0.717, 1.165) is 12.8 Å². The van der Waals surface area contributed by atoms with Crippen LogP contribution in [0.2, 0.25) is 0 Å². The van der Waals surface area contributed by atoms with Crippen LogP contribution in [0.1, 0.15) is 90.6 Å². The standard InChI is InChI=1S/C39H45N3O9/c1-6-26(27-10-8-7-9-11-27)14-15-28(37(46)47)13-12-24(2)35(44)41-31-17-19-32(20-18-31)42-36(45)34(25(3)43)40-23-30-22-29(38(48)50-4)16-21-33(30)39(49)51-5/h7-11,16-22,24,26,28H,6,12-15,23H2,1-5H3,(H,41,44)(H,42,45)(H,46,47). The smallest absolute Gasteiger partial charge is 0.338 e. The number of aliphatic imine (C=N–C) groups is 1. The van der Waals surface area contributed by atoms with Crippen LogP contribution in [0.25, 0.3) is 0 Å². The molecule has 3 atom stereocenters. The van der Waals surface area contributed by atoms with Crippen molar-refractivity contribution in [2.75, 3.05) is 24.9 Å². The van der Waals surface area contributed by atoms with Crippen LogP contribution in [0.5, 0.6) is 0 Å². The zero-order valence-electron chi connectivity index (χ0n) is 29.6. The lowest BCUT2D eigenvalue weighted by Crippen LogP contribution is -2.29. The number of aliphatic carboxylic acids is 1. The number of carbonyl (C=O) groups excluding carboxylic acids is 5. The molecule has 0 saturated carbocycles. The molecule has 3 aromatic rings. The van der Waals surface area contributed by atoms with Gasteiger partial charge in [0.1, 0.15) is 0 Å². The fourth-order valence-electron chi connectivity index (χ4n) is 5.59. The van der Waals surface area contributed by atoms with E-state index in [1.165, 1.54) is 44.9 Å². The van der Waals surface area contributed by atoms with E-state index in [1.807, 2.05) is 18.2 Å². The van der Waals surface area contributed by atoms with Gasteiger partial charge in [-0.1, -0.05) is 44.2 Å². The Morgan fingerprint density at radius 1 is 0.784 bits per heavy atom. The van der Waals surface area contributed by atoms with E-state index in [9.17, 15) is 33.9 Å². The lowest BCUT2D eigenvalue weighted by molar-refractivity contribution is -0.142. The molecule has 0 spiro atoms. The number of nitrogens with zero attached hydrogens (tertiary/aromatic N) is 1. The Morgan fingerprint density at radius 2 is 1.39 bits per heavy atom. The molecule has 0 heterocycles. The number of esters is 2. The van der Waals surface area contributed by atoms with E-state index in [1.54, 1.807) is 31.2 Å². The van der Waals surface area contributed by atoms with Crippen molar-refractivity contribution in [2.24, 2.45) is 16.8 Å². The minimum absolute atomic E-state index is 0.106. The fraction of sp³-hybridized carbons (Fsp3) is 0.359. The van der Waals surface area contributed by atoms with Crippen molar-refractivity contribution >= 4 is 52.6 Å². The van der Waals surface area contributed by atoms with E-state index in [2.05, 4.69) is 34.7 Å². The molecule has 3 N–H and O–H groups in total. The van der Waals surface area contributed by atoms with E-state index < -0.39 is 47.1 Å². The molecule has 12 heteroatoms. The maximum atomic E-state index is 13.0. The van der Waals surface area contributed by atoms with Crippen molar-refractivity contribution in [1.29, 1.82) is 0 Å². The lowest BCUT2D eigenvalue weighted by atomic mass is 9.86. The van der Waals surface area contributed by atoms with E-state index >= 15 is 0 Å². The fourth-order valence-corrected chi connectivity index (χ4v) is 5.59. The van der Waals surface area contributed by atoms with Gasteiger partial charge in [-0.3, -0.25) is 24.2 Å². The van der Waals surface area contributed by atoms with Crippen LogP contribution in [0.3, 0.4) is 0 Å². The highest BCUT2D eigenvalue weighted by molar-refractivity contribution is 6.67. The number of nitrogens with one attached hydrogen (secondary N) is 2. The molecule has 0 aromatic heterocycles. The van der Waals surface area contributed by atoms with Crippen LogP contribution in [0.4, 0.5) is 11.4 Å². The first-order chi connectivity index (χ1) is 24.4. The average Bonchev–Trinajstić information content (AvgIpc) is 3.13. The lowest BCUT2D eigenvalue weighted by Gasteiger charge is -2.20. The monoisotopic (exact) mass is 699 g/mol. The van der Waals surface area contributed by atoms with Gasteiger partial charge in [0.2, 0.25) is 5.91 Å². The van der Waals surface area contributed by atoms with Crippen LogP contribution >= 0.6 is 0 Å². The van der Waals surface area contributed by atoms with Gasteiger partial charge in [0.05, 0.1) is 37.8 Å². The summed E-state index contributed by atoms with van der Waals surface area (Å²) in [5.41, 5.74) is 2.08. The number of amides is 2. The molecule has 3 unspecified atom stereocenters. The number of carbonyl (C=O) groups is 6. The van der Waals surface area contributed by atoms with E-state index in [4.69, 9.17) is 9.47 Å². The normalized spacial score (nSPS) is 12.9. The van der Waals surface area contributed by atoms with Crippen molar-refractivity contribution in [3.8, 4) is 0 Å². The highest BCUT2D eigenvalue weighted by Crippen LogP contribution is 2.29. The summed E-state index contributed by atoms with van der Waals surface area (Å²) in [5.74, 6) is -4.58. The first kappa shape index (κ1) is 39.8. The number of Topliss-reactive ketones (excluding diaryl/α,β-unsaturated/α-hetero) is 1. The molecule has 3 rings (SSSR count). The Balaban J connectivity index is 1.59. The quantitative estimate of drug-likeness (QED) is 0.0764. The zero-order chi connectivity index (χ0) is 37.5. The number of methoxy groups -OCH3 is 2. The van der Waals surface area contributed by atoms with Crippen LogP contribution in [-0.2, 0) is 35.2 Å². The summed E-state index contributed by atoms with van der Waals surface area (Å²) < 4.78 is 9.53. The Morgan fingerprint density at radius 3 is 1.96 bits per heavy atom. The van der Waals surface area contributed by atoms with Gasteiger partial charge in [0, 0.05) is 24.2 Å². The van der Waals surface area contributed by atoms with E-state index in [0.29, 0.717) is 30.6 Å². The molecule has 0 saturated heterocycles. The third kappa shape index (κ3) is 11.7. The molecule has 0 radical (unpaired) electrons. The summed E-state index contributed by atoms with van der Waals surface area (Å²) in [5, 5.41) is 15.3. The van der Waals surface area contributed by atoms with Crippen LogP contribution < -0.4 is 10.6 Å². The Labute approximate surface area is 297 Å². The SMILES string of the molecule is CCC(CCC(CCC(C)C(=O)Nc1ccc(NC(=O)C(=NCc2cc(C(=O)OC)ccc2C(=O)OC)C(C)=O)cc1)C(=O)O)c1ccccc1. The minimum atomic E-state index is -0.861. The molecular formula is C39H45N3O9. The largest absolute Gasteiger partial charge is 0.481 e. The molecule has 0 aliphatic heterocycles. The third-order valence-electron chi connectivity index (χ3n) is 8.67. The molecule has 0 aliphatic carbocycles. The van der Waals surface area contributed by atoms with Gasteiger partial charge in [0.25, 0.3) is 5.91 Å². The number of ether oxygens (including phenoxy) is 2. The third-order valence-corrected chi connectivity index (χ3v) is 8.67. The number of ketones is 1. The Bertz CT molecular complexity index is 1740. The number of rotatable bonds is 18. The summed E-state index contributed by atoms with van der Waals surface area (Å²) in [6.45, 7) is 4.75. The van der Waals surface area contributed by atoms with Crippen molar-refractivity contribution in [1.82, 2.24) is 0 Å². The molecule has 3 aromatic carbocycles. The predicted molar refractivity (Wildman–Crippen MR) is 193 cm³/mol. The second kappa shape index (κ2) is 19.5. The van der Waals surface area contributed by atoms with Gasteiger partial charge < -0.3 is 25.2 Å². The molecule has 2 amide bonds. The Hall–Kier alpha value is -5.65. The molecule has 12 nitrogen and oxygen atoms in total. The van der Waals surface area contributed by atoms with Crippen molar-refractivity contribution in [3.05, 3.63) is 95.1 Å². The van der Waals surface area contributed by atoms with Gasteiger partial charge in [-0.2, -0.15) is 0 Å². The maximum absolute atomic E-state index is 13.0. The number of hydrogen-bond acceptors (Lipinski definition) is 9. The molecular weight excluding hydrogens is 654 g/mol. The van der Waals surface area contributed by atoms with E-state index in [-0.39, 0.29) is 35.1 Å². The number of carboxylic acids is 1. The van der Waals surface area contributed by atoms with Crippen molar-refractivity contribution in [3.63, 3.8) is 0 Å². The molecule has 51 heavy (non-hydrogen) atoms. The van der Waals surface area contributed by atoms with Crippen molar-refractivity contribution in [2.45, 2.75) is 65.3 Å². The van der Waals surface area contributed by atoms with Gasteiger partial charge in [-0.25, -0.2) is 9.59 Å². The number of benzene rings is 3. The number of carboxylic acid groups (broad SMARTS) is 1. The maximum Gasteiger partial charge on any atom is 0.338 e. The highest BCUT2D eigenvalue weighted by Gasteiger charge is 2.23. The van der Waals surface area contributed by atoms with Crippen LogP contribution in [-0.4, -0.2) is 60.5 Å². The second-order valence-electron chi connectivity index (χ2n) is 12.2. The van der Waals surface area contributed by atoms with Gasteiger partial charge in [-0.15, -0.1) is 0 Å². The van der Waals surface area contributed by atoms with Crippen LogP contribution in [0.15, 0.2) is 77.8 Å². The summed E-state index contributed by atoms with van der Waals surface area (Å²) in [7, 11) is 2.41. The summed E-state index contributed by atoms with van der Waals surface area (Å²) in [6, 6.07) is 20.5. The first-order valence-corrected chi connectivity index (χ1v) is 16.7. The van der Waals surface area contributed by atoms with Gasteiger partial charge >= 0.3 is 17.9 Å². The van der Waals surface area contributed by atoms with Crippen molar-refractivity contribution < 1.29 is 43.3 Å².